The second-order valence-electron chi connectivity index (χ2n) is 2.85. The van der Waals surface area contributed by atoms with Gasteiger partial charge in [0.05, 0.1) is 0 Å². The van der Waals surface area contributed by atoms with Crippen LogP contribution in [0.2, 0.25) is 0 Å². The van der Waals surface area contributed by atoms with Crippen molar-refractivity contribution in [1.29, 1.82) is 0 Å². The van der Waals surface area contributed by atoms with Gasteiger partial charge in [-0.3, -0.25) is 9.59 Å². The Balaban J connectivity index is 4.60. The SMILES string of the molecule is CC(=O)C(=O)OCC(O)(C(C)=O)C(=O)O. The van der Waals surface area contributed by atoms with E-state index >= 15 is 0 Å². The maximum absolute atomic E-state index is 10.8. The molecule has 0 spiro atoms. The minimum atomic E-state index is -2.80. The van der Waals surface area contributed by atoms with Crippen LogP contribution in [0.3, 0.4) is 0 Å². The third kappa shape index (κ3) is 3.13. The van der Waals surface area contributed by atoms with Gasteiger partial charge in [0.1, 0.15) is 6.61 Å². The van der Waals surface area contributed by atoms with Crippen LogP contribution in [0.4, 0.5) is 0 Å². The van der Waals surface area contributed by atoms with Gasteiger partial charge in [0.2, 0.25) is 5.78 Å². The molecule has 0 aromatic heterocycles. The molecule has 0 amide bonds. The molecule has 0 aromatic carbocycles. The molecule has 0 aliphatic heterocycles. The smallest absolute Gasteiger partial charge is 0.374 e. The van der Waals surface area contributed by atoms with Gasteiger partial charge in [0.15, 0.2) is 5.78 Å². The molecular formula is C8H10O7. The topological polar surface area (TPSA) is 118 Å². The number of carbonyl (C=O) groups is 4. The van der Waals surface area contributed by atoms with Crippen LogP contribution >= 0.6 is 0 Å². The molecule has 7 heteroatoms. The monoisotopic (exact) mass is 218 g/mol. The molecule has 7 nitrogen and oxygen atoms in total. The van der Waals surface area contributed by atoms with Crippen LogP contribution < -0.4 is 0 Å². The largest absolute Gasteiger partial charge is 0.479 e. The quantitative estimate of drug-likeness (QED) is 0.328. The fourth-order valence-electron chi connectivity index (χ4n) is 0.586. The summed E-state index contributed by atoms with van der Waals surface area (Å²) in [6.07, 6.45) is 0. The number of rotatable bonds is 5. The van der Waals surface area contributed by atoms with Crippen LogP contribution in [0, 0.1) is 0 Å². The fourth-order valence-corrected chi connectivity index (χ4v) is 0.586. The number of ketones is 2. The molecular weight excluding hydrogens is 208 g/mol. The lowest BCUT2D eigenvalue weighted by atomic mass is 10.0. The second kappa shape index (κ2) is 4.65. The highest BCUT2D eigenvalue weighted by Gasteiger charge is 2.43. The van der Waals surface area contributed by atoms with Crippen molar-refractivity contribution in [2.75, 3.05) is 6.61 Å². The Morgan fingerprint density at radius 3 is 1.93 bits per heavy atom. The first-order chi connectivity index (χ1) is 6.71. The number of Topliss-reactive ketones (excluding diaryl/α,β-unsaturated/α-hetero) is 2. The van der Waals surface area contributed by atoms with E-state index < -0.39 is 35.7 Å². The van der Waals surface area contributed by atoms with E-state index in [0.717, 1.165) is 13.8 Å². The third-order valence-corrected chi connectivity index (χ3v) is 1.64. The summed E-state index contributed by atoms with van der Waals surface area (Å²) in [5, 5.41) is 17.8. The molecule has 1 atom stereocenters. The highest BCUT2D eigenvalue weighted by Crippen LogP contribution is 2.07. The van der Waals surface area contributed by atoms with Gasteiger partial charge in [-0.05, 0) is 6.92 Å². The Morgan fingerprint density at radius 2 is 1.67 bits per heavy atom. The molecule has 0 rings (SSSR count). The number of esters is 1. The van der Waals surface area contributed by atoms with Gasteiger partial charge < -0.3 is 14.9 Å². The van der Waals surface area contributed by atoms with Gasteiger partial charge in [0.25, 0.3) is 5.60 Å². The summed E-state index contributed by atoms with van der Waals surface area (Å²) in [7, 11) is 0. The molecule has 0 saturated carbocycles. The van der Waals surface area contributed by atoms with Crippen molar-refractivity contribution in [3.63, 3.8) is 0 Å². The van der Waals surface area contributed by atoms with Crippen LogP contribution in [0.5, 0.6) is 0 Å². The van der Waals surface area contributed by atoms with Crippen LogP contribution in [0.15, 0.2) is 0 Å². The first kappa shape index (κ1) is 13.2. The average molecular weight is 218 g/mol. The lowest BCUT2D eigenvalue weighted by Gasteiger charge is -2.18. The Kier molecular flexibility index (Phi) is 4.10. The highest BCUT2D eigenvalue weighted by molar-refractivity contribution is 6.32. The molecule has 84 valence electrons. The van der Waals surface area contributed by atoms with Crippen LogP contribution in [-0.2, 0) is 23.9 Å². The standard InChI is InChI=1S/C8H10O7/c1-4(9)6(11)15-3-8(14,5(2)10)7(12)13/h14H,3H2,1-2H3,(H,12,13). The van der Waals surface area contributed by atoms with E-state index in [-0.39, 0.29) is 0 Å². The number of hydrogen-bond donors (Lipinski definition) is 2. The Morgan fingerprint density at radius 1 is 1.20 bits per heavy atom. The predicted octanol–water partition coefficient (Wildman–Crippen LogP) is -1.48. The first-order valence-corrected chi connectivity index (χ1v) is 3.86. The molecule has 0 heterocycles. The molecule has 0 aliphatic rings. The summed E-state index contributed by atoms with van der Waals surface area (Å²) in [5.74, 6) is -5.19. The molecule has 2 N–H and O–H groups in total. The van der Waals surface area contributed by atoms with Gasteiger partial charge in [-0.15, -0.1) is 0 Å². The van der Waals surface area contributed by atoms with E-state index in [1.54, 1.807) is 0 Å². The van der Waals surface area contributed by atoms with E-state index in [1.165, 1.54) is 0 Å². The van der Waals surface area contributed by atoms with Crippen molar-refractivity contribution in [2.45, 2.75) is 19.4 Å². The maximum atomic E-state index is 10.8. The summed E-state index contributed by atoms with van der Waals surface area (Å²) >= 11 is 0. The highest BCUT2D eigenvalue weighted by atomic mass is 16.6. The molecule has 15 heavy (non-hydrogen) atoms. The molecule has 0 radical (unpaired) electrons. The summed E-state index contributed by atoms with van der Waals surface area (Å²) < 4.78 is 4.15. The average Bonchev–Trinajstić information content (AvgIpc) is 2.12. The minimum Gasteiger partial charge on any atom is -0.479 e. The van der Waals surface area contributed by atoms with Crippen molar-refractivity contribution in [3.8, 4) is 0 Å². The van der Waals surface area contributed by atoms with Gasteiger partial charge >= 0.3 is 11.9 Å². The summed E-state index contributed by atoms with van der Waals surface area (Å²) in [4.78, 5) is 42.3. The van der Waals surface area contributed by atoms with Crippen molar-refractivity contribution in [2.24, 2.45) is 0 Å². The summed E-state index contributed by atoms with van der Waals surface area (Å²) in [5.41, 5.74) is -2.80. The number of carboxylic acid groups (broad SMARTS) is 1. The predicted molar refractivity (Wildman–Crippen MR) is 44.9 cm³/mol. The number of carbonyl (C=O) groups excluding carboxylic acids is 3. The number of aliphatic hydroxyl groups is 1. The van der Waals surface area contributed by atoms with Crippen LogP contribution in [-0.4, -0.2) is 45.9 Å². The van der Waals surface area contributed by atoms with Crippen LogP contribution in [0.1, 0.15) is 13.8 Å². The molecule has 0 aliphatic carbocycles. The van der Waals surface area contributed by atoms with Crippen molar-refractivity contribution < 1.29 is 34.1 Å². The number of aliphatic carboxylic acids is 1. The van der Waals surface area contributed by atoms with E-state index in [2.05, 4.69) is 4.74 Å². The lowest BCUT2D eigenvalue weighted by molar-refractivity contribution is -0.175. The van der Waals surface area contributed by atoms with E-state index in [9.17, 15) is 24.3 Å². The lowest BCUT2D eigenvalue weighted by Crippen LogP contribution is -2.50. The molecule has 1 unspecified atom stereocenters. The number of carboxylic acids is 1. The third-order valence-electron chi connectivity index (χ3n) is 1.64. The zero-order valence-electron chi connectivity index (χ0n) is 8.14. The molecule has 0 saturated heterocycles. The van der Waals surface area contributed by atoms with Crippen LogP contribution in [0.25, 0.3) is 0 Å². The van der Waals surface area contributed by atoms with Crippen molar-refractivity contribution in [1.82, 2.24) is 0 Å². The molecule has 0 fully saturated rings. The van der Waals surface area contributed by atoms with Crippen molar-refractivity contribution >= 4 is 23.5 Å². The zero-order chi connectivity index (χ0) is 12.2. The second-order valence-corrected chi connectivity index (χ2v) is 2.85. The minimum absolute atomic E-state index is 0.829. The summed E-state index contributed by atoms with van der Waals surface area (Å²) in [6.45, 7) is 0.654. The Labute approximate surface area is 84.6 Å². The van der Waals surface area contributed by atoms with Gasteiger partial charge in [-0.1, -0.05) is 0 Å². The Bertz CT molecular complexity index is 303. The van der Waals surface area contributed by atoms with Gasteiger partial charge in [-0.25, -0.2) is 9.59 Å². The molecule has 0 aromatic rings. The van der Waals surface area contributed by atoms with Gasteiger partial charge in [0, 0.05) is 6.92 Å². The Hall–Kier alpha value is -1.76. The van der Waals surface area contributed by atoms with Gasteiger partial charge in [-0.2, -0.15) is 0 Å². The van der Waals surface area contributed by atoms with E-state index in [1.807, 2.05) is 0 Å². The first-order valence-electron chi connectivity index (χ1n) is 3.86. The van der Waals surface area contributed by atoms with Crippen molar-refractivity contribution in [3.05, 3.63) is 0 Å². The number of hydrogen-bond acceptors (Lipinski definition) is 6. The normalized spacial score (nSPS) is 13.8. The fraction of sp³-hybridized carbons (Fsp3) is 0.500. The van der Waals surface area contributed by atoms with E-state index in [4.69, 9.17) is 5.11 Å². The van der Waals surface area contributed by atoms with E-state index in [0.29, 0.717) is 0 Å². The zero-order valence-corrected chi connectivity index (χ0v) is 8.14. The maximum Gasteiger partial charge on any atom is 0.374 e. The number of ether oxygens (including phenoxy) is 1. The summed E-state index contributed by atoms with van der Waals surface area (Å²) in [6, 6.07) is 0. The molecule has 0 bridgehead atoms.